The van der Waals surface area contributed by atoms with Gasteiger partial charge < -0.3 is 26.8 Å². The number of rotatable bonds is 8. The van der Waals surface area contributed by atoms with Crippen LogP contribution in [0.4, 0.5) is 21.7 Å². The van der Waals surface area contributed by atoms with E-state index < -0.39 is 11.7 Å². The molecule has 1 aliphatic rings. The van der Waals surface area contributed by atoms with Crippen LogP contribution in [0.25, 0.3) is 10.9 Å². The molecule has 2 aromatic heterocycles. The molecule has 170 valence electrons. The van der Waals surface area contributed by atoms with Gasteiger partial charge in [0.05, 0.1) is 36.1 Å². The van der Waals surface area contributed by atoms with Crippen LogP contribution in [-0.4, -0.2) is 46.5 Å². The number of methoxy groups -OCH3 is 1. The second kappa shape index (κ2) is 9.49. The number of ether oxygens (including phenoxy) is 1. The number of primary amides is 1. The standard InChI is InChI=1S/C22H28FN7O2/c1-32-10-9-30-19-8-4-7-17(14(19)12-26-30)27-21-13(20(25)31)11-15(23)22(29-21)28-18-6-3-2-5-16(18)24/h4,7-8,11-12,16,18H,2-3,5-6,9-10,24H2,1H3,(H2,25,31)(H2,27,28,29)/t16-,18+/m0/s1. The van der Waals surface area contributed by atoms with Crippen LogP contribution in [0.5, 0.6) is 0 Å². The maximum atomic E-state index is 14.8. The van der Waals surface area contributed by atoms with Crippen molar-refractivity contribution in [2.75, 3.05) is 24.4 Å². The first-order valence-electron chi connectivity index (χ1n) is 10.7. The number of pyridine rings is 1. The normalized spacial score (nSPS) is 18.6. The lowest BCUT2D eigenvalue weighted by Crippen LogP contribution is -2.43. The van der Waals surface area contributed by atoms with Crippen LogP contribution in [-0.2, 0) is 11.3 Å². The number of fused-ring (bicyclic) bond motifs is 1. The summed E-state index contributed by atoms with van der Waals surface area (Å²) in [5.41, 5.74) is 13.2. The third kappa shape index (κ3) is 4.51. The Kier molecular flexibility index (Phi) is 6.52. The number of nitrogens with zero attached hydrogens (tertiary/aromatic N) is 3. The summed E-state index contributed by atoms with van der Waals surface area (Å²) in [6.45, 7) is 1.12. The monoisotopic (exact) mass is 441 g/mol. The van der Waals surface area contributed by atoms with E-state index in [1.165, 1.54) is 0 Å². The van der Waals surface area contributed by atoms with E-state index in [4.69, 9.17) is 16.2 Å². The Morgan fingerprint density at radius 3 is 2.88 bits per heavy atom. The van der Waals surface area contributed by atoms with Gasteiger partial charge in [-0.2, -0.15) is 5.10 Å². The van der Waals surface area contributed by atoms with Crippen molar-refractivity contribution in [3.05, 3.63) is 41.8 Å². The highest BCUT2D eigenvalue weighted by Crippen LogP contribution is 2.30. The van der Waals surface area contributed by atoms with Gasteiger partial charge in [0.25, 0.3) is 5.91 Å². The third-order valence-electron chi connectivity index (χ3n) is 5.83. The zero-order valence-corrected chi connectivity index (χ0v) is 18.0. The van der Waals surface area contributed by atoms with Gasteiger partial charge in [0.15, 0.2) is 11.6 Å². The van der Waals surface area contributed by atoms with Gasteiger partial charge in [0.2, 0.25) is 0 Å². The Morgan fingerprint density at radius 1 is 1.31 bits per heavy atom. The van der Waals surface area contributed by atoms with Crippen LogP contribution >= 0.6 is 0 Å². The molecule has 4 rings (SSSR count). The molecule has 0 radical (unpaired) electrons. The smallest absolute Gasteiger partial charge is 0.252 e. The Labute approximate surface area is 185 Å². The average Bonchev–Trinajstić information content (AvgIpc) is 3.19. The Bertz CT molecular complexity index is 1120. The summed E-state index contributed by atoms with van der Waals surface area (Å²) in [7, 11) is 1.63. The second-order valence-electron chi connectivity index (χ2n) is 8.00. The van der Waals surface area contributed by atoms with Crippen molar-refractivity contribution in [2.24, 2.45) is 11.5 Å². The Morgan fingerprint density at radius 2 is 2.12 bits per heavy atom. The fraction of sp³-hybridized carbons (Fsp3) is 0.409. The van der Waals surface area contributed by atoms with Crippen LogP contribution in [0.2, 0.25) is 0 Å². The van der Waals surface area contributed by atoms with Crippen LogP contribution < -0.4 is 22.1 Å². The number of hydrogen-bond donors (Lipinski definition) is 4. The van der Waals surface area contributed by atoms with Crippen molar-refractivity contribution in [3.63, 3.8) is 0 Å². The lowest BCUT2D eigenvalue weighted by Gasteiger charge is -2.30. The number of aromatic nitrogens is 3. The predicted molar refractivity (Wildman–Crippen MR) is 121 cm³/mol. The van der Waals surface area contributed by atoms with E-state index in [2.05, 4.69) is 20.7 Å². The van der Waals surface area contributed by atoms with E-state index in [-0.39, 0.29) is 29.3 Å². The van der Waals surface area contributed by atoms with Gasteiger partial charge >= 0.3 is 0 Å². The number of halogens is 1. The first kappa shape index (κ1) is 22.0. The molecule has 1 amide bonds. The van der Waals surface area contributed by atoms with Crippen molar-refractivity contribution in [1.82, 2.24) is 14.8 Å². The fourth-order valence-corrected chi connectivity index (χ4v) is 4.08. The molecule has 32 heavy (non-hydrogen) atoms. The maximum absolute atomic E-state index is 14.8. The van der Waals surface area contributed by atoms with Gasteiger partial charge in [-0.1, -0.05) is 18.9 Å². The molecular weight excluding hydrogens is 413 g/mol. The molecule has 6 N–H and O–H groups in total. The van der Waals surface area contributed by atoms with Crippen LogP contribution in [0.3, 0.4) is 0 Å². The molecule has 0 aliphatic heterocycles. The van der Waals surface area contributed by atoms with Crippen molar-refractivity contribution < 1.29 is 13.9 Å². The second-order valence-corrected chi connectivity index (χ2v) is 8.00. The number of anilines is 3. The van der Waals surface area contributed by atoms with Gasteiger partial charge in [0, 0.05) is 24.6 Å². The first-order chi connectivity index (χ1) is 15.5. The van der Waals surface area contributed by atoms with Gasteiger partial charge in [0.1, 0.15) is 5.82 Å². The number of carbonyl (C=O) groups is 1. The summed E-state index contributed by atoms with van der Waals surface area (Å²) in [5.74, 6) is -1.21. The number of amides is 1. The molecule has 9 nitrogen and oxygen atoms in total. The minimum Gasteiger partial charge on any atom is -0.383 e. The van der Waals surface area contributed by atoms with Crippen LogP contribution in [0, 0.1) is 5.82 Å². The molecule has 1 aromatic carbocycles. The highest BCUT2D eigenvalue weighted by atomic mass is 19.1. The molecule has 0 unspecified atom stereocenters. The molecule has 0 saturated heterocycles. The Hall–Kier alpha value is -3.24. The number of carbonyl (C=O) groups excluding carboxylic acids is 1. The molecule has 1 fully saturated rings. The minimum absolute atomic E-state index is 0.0372. The number of hydrogen-bond acceptors (Lipinski definition) is 7. The minimum atomic E-state index is -0.775. The molecule has 3 aromatic rings. The summed E-state index contributed by atoms with van der Waals surface area (Å²) in [6.07, 6.45) is 5.51. The quantitative estimate of drug-likeness (QED) is 0.422. The zero-order valence-electron chi connectivity index (χ0n) is 18.0. The molecule has 10 heteroatoms. The van der Waals surface area contributed by atoms with Crippen molar-refractivity contribution in [3.8, 4) is 0 Å². The van der Waals surface area contributed by atoms with E-state index in [9.17, 15) is 9.18 Å². The highest BCUT2D eigenvalue weighted by Gasteiger charge is 2.24. The largest absolute Gasteiger partial charge is 0.383 e. The van der Waals surface area contributed by atoms with E-state index in [0.29, 0.717) is 18.8 Å². The number of nitrogens with one attached hydrogen (secondary N) is 2. The van der Waals surface area contributed by atoms with Gasteiger partial charge in [-0.15, -0.1) is 0 Å². The summed E-state index contributed by atoms with van der Waals surface area (Å²) in [4.78, 5) is 16.4. The van der Waals surface area contributed by atoms with Gasteiger partial charge in [-0.25, -0.2) is 9.37 Å². The first-order valence-corrected chi connectivity index (χ1v) is 10.7. The summed E-state index contributed by atoms with van der Waals surface area (Å²) >= 11 is 0. The average molecular weight is 442 g/mol. The zero-order chi connectivity index (χ0) is 22.7. The topological polar surface area (TPSA) is 133 Å². The summed E-state index contributed by atoms with van der Waals surface area (Å²) in [5, 5.41) is 11.5. The maximum Gasteiger partial charge on any atom is 0.252 e. The van der Waals surface area contributed by atoms with Crippen molar-refractivity contribution in [2.45, 2.75) is 44.3 Å². The fourth-order valence-electron chi connectivity index (χ4n) is 4.08. The van der Waals surface area contributed by atoms with E-state index in [1.807, 2.05) is 22.9 Å². The van der Waals surface area contributed by atoms with Crippen LogP contribution in [0.15, 0.2) is 30.5 Å². The van der Waals surface area contributed by atoms with E-state index >= 15 is 0 Å². The molecule has 1 saturated carbocycles. The molecule has 1 aliphatic carbocycles. The summed E-state index contributed by atoms with van der Waals surface area (Å²) < 4.78 is 21.7. The highest BCUT2D eigenvalue weighted by molar-refractivity contribution is 6.00. The third-order valence-corrected chi connectivity index (χ3v) is 5.83. The van der Waals surface area contributed by atoms with E-state index in [1.54, 1.807) is 13.3 Å². The van der Waals surface area contributed by atoms with Crippen LogP contribution in [0.1, 0.15) is 36.0 Å². The Balaban J connectivity index is 1.68. The van der Waals surface area contributed by atoms with Gasteiger partial charge in [-0.3, -0.25) is 9.48 Å². The lowest BCUT2D eigenvalue weighted by atomic mass is 9.91. The van der Waals surface area contributed by atoms with E-state index in [0.717, 1.165) is 42.7 Å². The van der Waals surface area contributed by atoms with Crippen molar-refractivity contribution in [1.29, 1.82) is 0 Å². The molecule has 2 heterocycles. The lowest BCUT2D eigenvalue weighted by molar-refractivity contribution is 0.100. The number of nitrogens with two attached hydrogens (primary N) is 2. The molecule has 0 spiro atoms. The molecular formula is C22H28FN7O2. The van der Waals surface area contributed by atoms with Crippen molar-refractivity contribution >= 4 is 34.1 Å². The molecule has 0 bridgehead atoms. The summed E-state index contributed by atoms with van der Waals surface area (Å²) in [6, 6.07) is 6.59. The van der Waals surface area contributed by atoms with Gasteiger partial charge in [-0.05, 0) is 31.0 Å². The molecule has 2 atom stereocenters. The number of benzene rings is 1. The predicted octanol–water partition coefficient (Wildman–Crippen LogP) is 2.74. The SMILES string of the molecule is COCCn1ncc2c(Nc3nc(N[C@@H]4CCCC[C@@H]4N)c(F)cc3C(N)=O)cccc21.